The highest BCUT2D eigenvalue weighted by atomic mass is 35.7. The van der Waals surface area contributed by atoms with Gasteiger partial charge in [-0.25, -0.2) is 12.8 Å². The average Bonchev–Trinajstić information content (AvgIpc) is 2.97. The van der Waals surface area contributed by atoms with Gasteiger partial charge in [0.25, 0.3) is 15.0 Å². The number of amides is 1. The third kappa shape index (κ3) is 3.70. The molecule has 0 atom stereocenters. The van der Waals surface area contributed by atoms with Crippen LogP contribution in [0, 0.1) is 5.82 Å². The van der Waals surface area contributed by atoms with Gasteiger partial charge in [-0.3, -0.25) is 4.79 Å². The van der Waals surface area contributed by atoms with Crippen molar-refractivity contribution in [1.82, 2.24) is 4.90 Å². The van der Waals surface area contributed by atoms with Crippen LogP contribution < -0.4 is 14.2 Å². The van der Waals surface area contributed by atoms with E-state index >= 15 is 0 Å². The minimum atomic E-state index is -4.30. The number of halogens is 3. The second-order valence-electron chi connectivity index (χ2n) is 6.13. The lowest BCUT2D eigenvalue weighted by Crippen LogP contribution is -2.23. The van der Waals surface area contributed by atoms with Crippen molar-refractivity contribution in [1.29, 1.82) is 0 Å². The third-order valence-electron chi connectivity index (χ3n) is 4.49. The molecule has 0 aliphatic carbocycles. The van der Waals surface area contributed by atoms with Gasteiger partial charge < -0.3 is 19.1 Å². The van der Waals surface area contributed by atoms with Crippen LogP contribution in [0.4, 0.5) is 4.39 Å². The lowest BCUT2D eigenvalue weighted by molar-refractivity contribution is 0.0763. The van der Waals surface area contributed by atoms with E-state index in [1.807, 2.05) is 0 Å². The Morgan fingerprint density at radius 3 is 2.24 bits per heavy atom. The molecule has 0 unspecified atom stereocenters. The third-order valence-corrected chi connectivity index (χ3v) is 6.16. The maximum absolute atomic E-state index is 13.4. The molecule has 1 aliphatic rings. The normalized spacial score (nSPS) is 13.4. The van der Waals surface area contributed by atoms with Gasteiger partial charge in [-0.1, -0.05) is 17.7 Å². The Hall–Kier alpha value is -2.23. The number of hydrogen-bond acceptors (Lipinski definition) is 6. The summed E-state index contributed by atoms with van der Waals surface area (Å²) in [6.45, 7) is -0.0236. The van der Waals surface area contributed by atoms with E-state index in [0.29, 0.717) is 5.56 Å². The number of carbonyl (C=O) groups is 1. The Morgan fingerprint density at radius 1 is 1.10 bits per heavy atom. The molecule has 2 aromatic rings. The Labute approximate surface area is 176 Å². The predicted molar refractivity (Wildman–Crippen MR) is 104 cm³/mol. The first-order valence-corrected chi connectivity index (χ1v) is 10.8. The number of rotatable bonds is 6. The quantitative estimate of drug-likeness (QED) is 0.608. The number of benzene rings is 2. The van der Waals surface area contributed by atoms with Crippen molar-refractivity contribution in [2.24, 2.45) is 0 Å². The van der Waals surface area contributed by atoms with Gasteiger partial charge in [0.2, 0.25) is 5.75 Å². The van der Waals surface area contributed by atoms with Gasteiger partial charge in [0, 0.05) is 29.3 Å². The number of nitrogens with zero attached hydrogens (tertiary/aromatic N) is 1. The summed E-state index contributed by atoms with van der Waals surface area (Å²) >= 11 is 5.81. The molecule has 0 fully saturated rings. The van der Waals surface area contributed by atoms with E-state index in [1.165, 1.54) is 44.4 Å². The summed E-state index contributed by atoms with van der Waals surface area (Å²) in [5, 5.41) is -0.0865. The topological polar surface area (TPSA) is 82.1 Å². The second-order valence-corrected chi connectivity index (χ2v) is 9.04. The van der Waals surface area contributed by atoms with Crippen LogP contribution >= 0.6 is 22.3 Å². The van der Waals surface area contributed by atoms with E-state index < -0.39 is 20.8 Å². The lowest BCUT2D eigenvalue weighted by atomic mass is 10.1. The van der Waals surface area contributed by atoms with E-state index in [0.717, 1.165) is 0 Å². The minimum absolute atomic E-state index is 0.0117. The standard InChI is InChI=1S/C18H16Cl2FNO6S/c1-26-14-13-10(17(29(20,24)25)16(28-3)15(14)27-2)8-22(18(13)23)7-9-4-5-12(21)11(19)6-9/h4-6H,7-8H2,1-3H3. The molecule has 2 aromatic carbocycles. The lowest BCUT2D eigenvalue weighted by Gasteiger charge is -2.17. The zero-order valence-electron chi connectivity index (χ0n) is 15.6. The van der Waals surface area contributed by atoms with Crippen LogP contribution in [0.5, 0.6) is 17.2 Å². The van der Waals surface area contributed by atoms with Gasteiger partial charge in [0.15, 0.2) is 11.5 Å². The zero-order valence-corrected chi connectivity index (χ0v) is 17.9. The number of methoxy groups -OCH3 is 3. The first kappa shape index (κ1) is 21.5. The number of carbonyl (C=O) groups excluding carboxylic acids is 1. The largest absolute Gasteiger partial charge is 0.492 e. The maximum atomic E-state index is 13.4. The first-order valence-electron chi connectivity index (χ1n) is 8.16. The average molecular weight is 464 g/mol. The number of ether oxygens (including phenoxy) is 3. The molecule has 7 nitrogen and oxygen atoms in total. The molecule has 156 valence electrons. The smallest absolute Gasteiger partial charge is 0.265 e. The monoisotopic (exact) mass is 463 g/mol. The van der Waals surface area contributed by atoms with Crippen molar-refractivity contribution in [2.75, 3.05) is 21.3 Å². The molecule has 0 N–H and O–H groups in total. The van der Waals surface area contributed by atoms with Crippen LogP contribution in [0.25, 0.3) is 0 Å². The van der Waals surface area contributed by atoms with Crippen molar-refractivity contribution in [3.8, 4) is 17.2 Å². The first-order chi connectivity index (χ1) is 13.6. The molecule has 0 aromatic heterocycles. The van der Waals surface area contributed by atoms with Crippen LogP contribution in [0.1, 0.15) is 21.5 Å². The highest BCUT2D eigenvalue weighted by Crippen LogP contribution is 2.50. The minimum Gasteiger partial charge on any atom is -0.492 e. The summed E-state index contributed by atoms with van der Waals surface area (Å²) in [4.78, 5) is 14.1. The van der Waals surface area contributed by atoms with Gasteiger partial charge >= 0.3 is 0 Å². The number of hydrogen-bond donors (Lipinski definition) is 0. The van der Waals surface area contributed by atoms with E-state index in [1.54, 1.807) is 0 Å². The van der Waals surface area contributed by atoms with Crippen molar-refractivity contribution in [3.05, 3.63) is 45.7 Å². The van der Waals surface area contributed by atoms with Crippen LogP contribution in [0.15, 0.2) is 23.1 Å². The van der Waals surface area contributed by atoms with Crippen molar-refractivity contribution in [2.45, 2.75) is 18.0 Å². The van der Waals surface area contributed by atoms with Crippen molar-refractivity contribution in [3.63, 3.8) is 0 Å². The summed E-state index contributed by atoms with van der Waals surface area (Å²) in [7, 11) is 5.22. The van der Waals surface area contributed by atoms with E-state index in [9.17, 15) is 17.6 Å². The molecule has 29 heavy (non-hydrogen) atoms. The zero-order chi connectivity index (χ0) is 21.5. The molecular weight excluding hydrogens is 448 g/mol. The van der Waals surface area contributed by atoms with Gasteiger partial charge in [-0.05, 0) is 17.7 Å². The molecular formula is C18H16Cl2FNO6S. The summed E-state index contributed by atoms with van der Waals surface area (Å²) in [5.74, 6) is -1.27. The Bertz CT molecular complexity index is 1110. The maximum Gasteiger partial charge on any atom is 0.265 e. The fourth-order valence-electron chi connectivity index (χ4n) is 3.31. The summed E-state index contributed by atoms with van der Waals surface area (Å²) < 4.78 is 53.8. The molecule has 1 amide bonds. The number of fused-ring (bicyclic) bond motifs is 1. The summed E-state index contributed by atoms with van der Waals surface area (Å²) in [6, 6.07) is 4.06. The molecule has 0 spiro atoms. The molecule has 0 radical (unpaired) electrons. The molecule has 3 rings (SSSR count). The van der Waals surface area contributed by atoms with Gasteiger partial charge in [0.1, 0.15) is 10.7 Å². The molecule has 0 bridgehead atoms. The van der Waals surface area contributed by atoms with Crippen LogP contribution in [0.3, 0.4) is 0 Å². The van der Waals surface area contributed by atoms with Crippen molar-refractivity contribution < 1.29 is 31.8 Å². The van der Waals surface area contributed by atoms with E-state index in [2.05, 4.69) is 0 Å². The summed E-state index contributed by atoms with van der Waals surface area (Å²) in [5.41, 5.74) is 0.705. The Morgan fingerprint density at radius 2 is 1.72 bits per heavy atom. The fourth-order valence-corrected chi connectivity index (χ4v) is 4.87. The molecule has 11 heteroatoms. The van der Waals surface area contributed by atoms with E-state index in [-0.39, 0.29) is 51.4 Å². The fraction of sp³-hybridized carbons (Fsp3) is 0.278. The van der Waals surface area contributed by atoms with Gasteiger partial charge in [-0.2, -0.15) is 0 Å². The highest BCUT2D eigenvalue weighted by molar-refractivity contribution is 8.13. The van der Waals surface area contributed by atoms with Crippen LogP contribution in [-0.4, -0.2) is 40.6 Å². The molecule has 1 heterocycles. The molecule has 1 aliphatic heterocycles. The SMILES string of the molecule is COc1c(OC)c2c(c(S(=O)(=O)Cl)c1OC)CN(Cc1ccc(F)c(Cl)c1)C2=O. The van der Waals surface area contributed by atoms with Crippen molar-refractivity contribution >= 4 is 37.2 Å². The van der Waals surface area contributed by atoms with Crippen LogP contribution in [-0.2, 0) is 22.1 Å². The van der Waals surface area contributed by atoms with Gasteiger partial charge in [0.05, 0.1) is 31.9 Å². The van der Waals surface area contributed by atoms with E-state index in [4.69, 9.17) is 36.5 Å². The molecule has 0 saturated heterocycles. The van der Waals surface area contributed by atoms with Gasteiger partial charge in [-0.15, -0.1) is 0 Å². The Kier molecular flexibility index (Phi) is 5.84. The summed E-state index contributed by atoms with van der Waals surface area (Å²) in [6.07, 6.45) is 0. The predicted octanol–water partition coefficient (Wildman–Crippen LogP) is 3.59. The Balaban J connectivity index is 2.17. The highest BCUT2D eigenvalue weighted by Gasteiger charge is 2.41. The second kappa shape index (κ2) is 7.89. The molecule has 0 saturated carbocycles. The van der Waals surface area contributed by atoms with Crippen LogP contribution in [0.2, 0.25) is 5.02 Å².